The average Bonchev–Trinajstić information content (AvgIpc) is 2.35. The molecule has 0 saturated carbocycles. The highest BCUT2D eigenvalue weighted by Gasteiger charge is 2.08. The quantitative estimate of drug-likeness (QED) is 0.822. The fourth-order valence-electron chi connectivity index (χ4n) is 1.30. The molecule has 0 aliphatic heterocycles. The number of nitrogens with one attached hydrogen (secondary N) is 1. The van der Waals surface area contributed by atoms with Gasteiger partial charge in [0, 0.05) is 5.56 Å². The van der Waals surface area contributed by atoms with Crippen molar-refractivity contribution in [2.75, 3.05) is 5.32 Å². The van der Waals surface area contributed by atoms with Crippen LogP contribution in [-0.4, -0.2) is 16.0 Å². The zero-order valence-electron chi connectivity index (χ0n) is 9.02. The van der Waals surface area contributed by atoms with E-state index in [0.29, 0.717) is 5.69 Å². The molecule has 92 valence electrons. The van der Waals surface area contributed by atoms with Crippen LogP contribution in [-0.2, 0) is 0 Å². The van der Waals surface area contributed by atoms with Crippen LogP contribution in [0.3, 0.4) is 0 Å². The molecule has 1 aromatic heterocycles. The van der Waals surface area contributed by atoms with E-state index in [-0.39, 0.29) is 16.3 Å². The molecule has 0 unspecified atom stereocenters. The molecule has 0 bridgehead atoms. The van der Waals surface area contributed by atoms with Gasteiger partial charge in [-0.2, -0.15) is 4.39 Å². The normalized spacial score (nSPS) is 10.1. The Bertz CT molecular complexity index is 587. The van der Waals surface area contributed by atoms with Gasteiger partial charge in [-0.05, 0) is 30.3 Å². The third-order valence-corrected chi connectivity index (χ3v) is 2.50. The van der Waals surface area contributed by atoms with Crippen molar-refractivity contribution in [3.63, 3.8) is 0 Å². The van der Waals surface area contributed by atoms with Crippen LogP contribution in [0.2, 0.25) is 5.02 Å². The number of aromatic hydroxyl groups is 1. The maximum absolute atomic E-state index is 12.6. The van der Waals surface area contributed by atoms with E-state index in [0.717, 1.165) is 6.07 Å². The summed E-state index contributed by atoms with van der Waals surface area (Å²) in [7, 11) is 0. The molecule has 0 atom stereocenters. The van der Waals surface area contributed by atoms with Crippen LogP contribution in [0.25, 0.3) is 0 Å². The van der Waals surface area contributed by atoms with Crippen molar-refractivity contribution < 1.29 is 14.3 Å². The summed E-state index contributed by atoms with van der Waals surface area (Å²) in [5.74, 6) is -1.15. The molecule has 2 aromatic rings. The zero-order valence-corrected chi connectivity index (χ0v) is 9.78. The van der Waals surface area contributed by atoms with Gasteiger partial charge in [0.1, 0.15) is 5.75 Å². The number of carbonyl (C=O) groups is 1. The number of halogens is 2. The first-order chi connectivity index (χ1) is 8.56. The fraction of sp³-hybridized carbons (Fsp3) is 0. The molecular weight excluding hydrogens is 259 g/mol. The van der Waals surface area contributed by atoms with E-state index < -0.39 is 11.9 Å². The minimum Gasteiger partial charge on any atom is -0.506 e. The smallest absolute Gasteiger partial charge is 0.255 e. The van der Waals surface area contributed by atoms with Crippen LogP contribution < -0.4 is 5.32 Å². The molecule has 0 fully saturated rings. The molecule has 0 aliphatic carbocycles. The molecular formula is C12H8ClFN2O2. The number of benzene rings is 1. The fourth-order valence-corrected chi connectivity index (χ4v) is 1.48. The van der Waals surface area contributed by atoms with Gasteiger partial charge < -0.3 is 10.4 Å². The highest BCUT2D eigenvalue weighted by molar-refractivity contribution is 6.32. The van der Waals surface area contributed by atoms with Gasteiger partial charge in [-0.1, -0.05) is 11.6 Å². The van der Waals surface area contributed by atoms with E-state index in [1.54, 1.807) is 0 Å². The molecule has 0 aliphatic rings. The number of phenolic OH excluding ortho intramolecular Hbond substituents is 1. The number of aromatic nitrogens is 1. The highest BCUT2D eigenvalue weighted by Crippen LogP contribution is 2.24. The van der Waals surface area contributed by atoms with Gasteiger partial charge in [-0.15, -0.1) is 0 Å². The Morgan fingerprint density at radius 3 is 2.72 bits per heavy atom. The molecule has 2 rings (SSSR count). The highest BCUT2D eigenvalue weighted by atomic mass is 35.5. The Labute approximate surface area is 107 Å². The lowest BCUT2D eigenvalue weighted by molar-refractivity contribution is 0.102. The molecule has 2 N–H and O–H groups in total. The second kappa shape index (κ2) is 5.01. The minimum absolute atomic E-state index is 0.0832. The van der Waals surface area contributed by atoms with Crippen LogP contribution >= 0.6 is 11.6 Å². The maximum atomic E-state index is 12.6. The lowest BCUT2D eigenvalue weighted by atomic mass is 10.2. The minimum atomic E-state index is -0.624. The van der Waals surface area contributed by atoms with Crippen molar-refractivity contribution in [1.29, 1.82) is 0 Å². The summed E-state index contributed by atoms with van der Waals surface area (Å²) in [5.41, 5.74) is 0.646. The summed E-state index contributed by atoms with van der Waals surface area (Å²) in [4.78, 5) is 15.2. The number of phenols is 1. The number of pyridine rings is 1. The van der Waals surface area contributed by atoms with E-state index in [1.807, 2.05) is 0 Å². The lowest BCUT2D eigenvalue weighted by Gasteiger charge is -2.05. The first-order valence-corrected chi connectivity index (χ1v) is 5.35. The zero-order chi connectivity index (χ0) is 13.1. The molecule has 0 spiro atoms. The van der Waals surface area contributed by atoms with Crippen molar-refractivity contribution >= 4 is 23.2 Å². The summed E-state index contributed by atoms with van der Waals surface area (Å²) in [6.45, 7) is 0. The van der Waals surface area contributed by atoms with Crippen molar-refractivity contribution in [1.82, 2.24) is 4.98 Å². The van der Waals surface area contributed by atoms with E-state index in [9.17, 15) is 14.3 Å². The van der Waals surface area contributed by atoms with Crippen molar-refractivity contribution in [3.8, 4) is 5.75 Å². The number of carbonyl (C=O) groups excluding carboxylic acids is 1. The Morgan fingerprint density at radius 1 is 1.33 bits per heavy atom. The SMILES string of the molecule is O=C(Nc1ccc(F)nc1)c1ccc(O)c(Cl)c1. The monoisotopic (exact) mass is 266 g/mol. The summed E-state index contributed by atoms with van der Waals surface area (Å²) in [6, 6.07) is 6.61. The van der Waals surface area contributed by atoms with Crippen molar-refractivity contribution in [2.24, 2.45) is 0 Å². The molecule has 1 heterocycles. The number of hydrogen-bond acceptors (Lipinski definition) is 3. The summed E-state index contributed by atoms with van der Waals surface area (Å²) >= 11 is 5.69. The molecule has 1 amide bonds. The molecule has 0 saturated heterocycles. The average molecular weight is 267 g/mol. The number of anilines is 1. The molecule has 1 aromatic carbocycles. The van der Waals surface area contributed by atoms with Gasteiger partial charge >= 0.3 is 0 Å². The second-order valence-corrected chi connectivity index (χ2v) is 3.90. The predicted octanol–water partition coefficient (Wildman–Crippen LogP) is 2.83. The molecule has 0 radical (unpaired) electrons. The Kier molecular flexibility index (Phi) is 3.43. The van der Waals surface area contributed by atoms with E-state index in [4.69, 9.17) is 11.6 Å². The number of rotatable bonds is 2. The van der Waals surface area contributed by atoms with Crippen LogP contribution in [0.4, 0.5) is 10.1 Å². The standard InChI is InChI=1S/C12H8ClFN2O2/c13-9-5-7(1-3-10(9)17)12(18)16-8-2-4-11(14)15-6-8/h1-6,17H,(H,16,18). The van der Waals surface area contributed by atoms with Crippen LogP contribution in [0.1, 0.15) is 10.4 Å². The van der Waals surface area contributed by atoms with E-state index in [1.165, 1.54) is 30.5 Å². The van der Waals surface area contributed by atoms with Crippen LogP contribution in [0, 0.1) is 5.95 Å². The number of nitrogens with zero attached hydrogens (tertiary/aromatic N) is 1. The van der Waals surface area contributed by atoms with Gasteiger partial charge in [0.05, 0.1) is 16.9 Å². The van der Waals surface area contributed by atoms with E-state index >= 15 is 0 Å². The van der Waals surface area contributed by atoms with Gasteiger partial charge in [0.2, 0.25) is 5.95 Å². The topological polar surface area (TPSA) is 62.2 Å². The summed E-state index contributed by atoms with van der Waals surface area (Å²) < 4.78 is 12.6. The number of hydrogen-bond donors (Lipinski definition) is 2. The molecule has 4 nitrogen and oxygen atoms in total. The Hall–Kier alpha value is -2.14. The third kappa shape index (κ3) is 2.75. The van der Waals surface area contributed by atoms with Crippen molar-refractivity contribution in [2.45, 2.75) is 0 Å². The predicted molar refractivity (Wildman–Crippen MR) is 65.3 cm³/mol. The lowest BCUT2D eigenvalue weighted by Crippen LogP contribution is -2.12. The summed E-state index contributed by atoms with van der Waals surface area (Å²) in [6.07, 6.45) is 1.20. The molecule has 18 heavy (non-hydrogen) atoms. The van der Waals surface area contributed by atoms with Crippen LogP contribution in [0.15, 0.2) is 36.5 Å². The Balaban J connectivity index is 2.16. The van der Waals surface area contributed by atoms with E-state index in [2.05, 4.69) is 10.3 Å². The van der Waals surface area contributed by atoms with Gasteiger partial charge in [-0.25, -0.2) is 4.98 Å². The van der Waals surface area contributed by atoms with Gasteiger partial charge in [-0.3, -0.25) is 4.79 Å². The maximum Gasteiger partial charge on any atom is 0.255 e. The number of amides is 1. The largest absolute Gasteiger partial charge is 0.506 e. The van der Waals surface area contributed by atoms with Gasteiger partial charge in [0.25, 0.3) is 5.91 Å². The van der Waals surface area contributed by atoms with Crippen molar-refractivity contribution in [3.05, 3.63) is 53.1 Å². The Morgan fingerprint density at radius 2 is 2.11 bits per heavy atom. The third-order valence-electron chi connectivity index (χ3n) is 2.20. The summed E-state index contributed by atoms with van der Waals surface area (Å²) in [5, 5.41) is 11.8. The first-order valence-electron chi connectivity index (χ1n) is 4.97. The van der Waals surface area contributed by atoms with Crippen LogP contribution in [0.5, 0.6) is 5.75 Å². The second-order valence-electron chi connectivity index (χ2n) is 3.49. The first kappa shape index (κ1) is 12.3. The van der Waals surface area contributed by atoms with Gasteiger partial charge in [0.15, 0.2) is 0 Å². The molecule has 6 heteroatoms.